The number of H-pyrrole nitrogens is 1. The maximum atomic E-state index is 14.5. The molecule has 74 heavy (non-hydrogen) atoms. The molecule has 3 aromatic carbocycles. The molecule has 1 spiro atoms. The van der Waals surface area contributed by atoms with Crippen molar-refractivity contribution < 1.29 is 42.2 Å². The first-order valence-electron chi connectivity index (χ1n) is 26.5. The average molecular weight is 1030 g/mol. The van der Waals surface area contributed by atoms with Crippen molar-refractivity contribution >= 4 is 44.0 Å². The van der Waals surface area contributed by atoms with Crippen molar-refractivity contribution in [2.75, 3.05) is 62.8 Å². The third kappa shape index (κ3) is 10.2. The van der Waals surface area contributed by atoms with Crippen molar-refractivity contribution in [3.63, 3.8) is 0 Å². The van der Waals surface area contributed by atoms with Crippen LogP contribution in [-0.4, -0.2) is 116 Å². The second-order valence-corrected chi connectivity index (χ2v) is 23.8. The van der Waals surface area contributed by atoms with Gasteiger partial charge in [0.25, 0.3) is 27.5 Å². The van der Waals surface area contributed by atoms with Crippen molar-refractivity contribution in [2.45, 2.75) is 126 Å². The van der Waals surface area contributed by atoms with Crippen LogP contribution in [0.3, 0.4) is 0 Å². The molecule has 3 atom stereocenters. The van der Waals surface area contributed by atoms with Crippen LogP contribution >= 0.6 is 0 Å². The largest absolute Gasteiger partial charge is 0.489 e. The van der Waals surface area contributed by atoms with E-state index in [4.69, 9.17) is 23.9 Å². The molecule has 2 aliphatic carbocycles. The van der Waals surface area contributed by atoms with E-state index in [1.54, 1.807) is 24.4 Å². The van der Waals surface area contributed by atoms with Crippen LogP contribution in [0.25, 0.3) is 11.0 Å². The van der Waals surface area contributed by atoms with E-state index in [2.05, 4.69) is 68.3 Å². The Balaban J connectivity index is 0.843. The van der Waals surface area contributed by atoms with E-state index in [-0.39, 0.29) is 71.0 Å². The molecule has 6 aliphatic rings. The normalized spacial score (nSPS) is 25.2. The Kier molecular flexibility index (Phi) is 13.7. The van der Waals surface area contributed by atoms with Crippen LogP contribution in [-0.2, 0) is 14.8 Å². The van der Waals surface area contributed by atoms with E-state index < -0.39 is 37.0 Å². The number of morpholine rings is 1. The van der Waals surface area contributed by atoms with Crippen molar-refractivity contribution in [1.82, 2.24) is 24.9 Å². The molecule has 2 aromatic heterocycles. The highest BCUT2D eigenvalue weighted by molar-refractivity contribution is 7.90. The Morgan fingerprint density at radius 3 is 2.55 bits per heavy atom. The molecule has 19 heteroatoms. The minimum atomic E-state index is -4.73. The number of nitrogens with one attached hydrogen (secondary N) is 4. The Bertz CT molecular complexity index is 3000. The number of likely N-dealkylation sites (tertiary alicyclic amines) is 1. The number of aromatic amines is 1. The van der Waals surface area contributed by atoms with E-state index in [9.17, 15) is 28.4 Å². The van der Waals surface area contributed by atoms with Crippen LogP contribution in [0.1, 0.15) is 118 Å². The summed E-state index contributed by atoms with van der Waals surface area (Å²) in [7, 11) is -4.73. The van der Waals surface area contributed by atoms with E-state index in [1.165, 1.54) is 42.9 Å². The lowest BCUT2D eigenvalue weighted by atomic mass is 9.59. The number of hydrogen-bond acceptors (Lipinski definition) is 15. The molecule has 18 nitrogen and oxygen atoms in total. The minimum Gasteiger partial charge on any atom is -0.489 e. The number of anilines is 2. The number of ether oxygens (including phenoxy) is 4. The van der Waals surface area contributed by atoms with Gasteiger partial charge in [0.2, 0.25) is 0 Å². The molecular formula is C55H68N8O10S. The number of piperidine rings is 1. The first-order chi connectivity index (χ1) is 35.6. The number of fused-ring (bicyclic) bond motifs is 2. The lowest BCUT2D eigenvalue weighted by molar-refractivity contribution is -0.384. The van der Waals surface area contributed by atoms with Gasteiger partial charge in [0, 0.05) is 67.2 Å². The molecular weight excluding hydrogens is 965 g/mol. The van der Waals surface area contributed by atoms with Gasteiger partial charge in [-0.25, -0.2) is 13.1 Å². The fourth-order valence-electron chi connectivity index (χ4n) is 12.5. The highest BCUT2D eigenvalue weighted by Crippen LogP contribution is 2.54. The number of carbonyl (C=O) groups excluding carboxylic acids is 1. The van der Waals surface area contributed by atoms with Gasteiger partial charge in [0.05, 0.1) is 46.3 Å². The average Bonchev–Trinajstić information content (AvgIpc) is 4.07. The number of benzene rings is 3. The molecule has 5 N–H and O–H groups in total. The molecule has 11 rings (SSSR count). The summed E-state index contributed by atoms with van der Waals surface area (Å²) in [6, 6.07) is 20.5. The summed E-state index contributed by atoms with van der Waals surface area (Å²) in [5.74, 6) is -0.00159. The van der Waals surface area contributed by atoms with Gasteiger partial charge in [0.15, 0.2) is 17.2 Å². The number of sulfonamides is 1. The number of pyridine rings is 1. The van der Waals surface area contributed by atoms with Gasteiger partial charge in [-0.15, -0.1) is 0 Å². The molecule has 2 saturated carbocycles. The maximum Gasteiger partial charge on any atom is 0.297 e. The number of amides is 1. The Morgan fingerprint density at radius 2 is 1.80 bits per heavy atom. The zero-order chi connectivity index (χ0) is 51.4. The molecule has 4 aliphatic heterocycles. The van der Waals surface area contributed by atoms with Crippen LogP contribution in [0, 0.1) is 21.4 Å². The zero-order valence-electron chi connectivity index (χ0n) is 42.4. The van der Waals surface area contributed by atoms with Gasteiger partial charge in [-0.2, -0.15) is 4.98 Å². The van der Waals surface area contributed by atoms with Crippen LogP contribution < -0.4 is 34.5 Å². The SMILES string of the molecule is CC(C)c1ccccc1[C@H]1CCCN1C1CC2(CCN(c3ccc(C(=O)NS(=O)(=O)c4cc5c(c([N+](=O)[O-])c4)N[C@@H](C4CCC(C)(O)CC4)CO5)c(Oc4cc5cc[nH]c5nc4OC[C@H]4COCCN4)c3)CC2)C1. The molecule has 6 heterocycles. The van der Waals surface area contributed by atoms with E-state index in [1.807, 2.05) is 19.1 Å². The lowest BCUT2D eigenvalue weighted by Gasteiger charge is -2.56. The number of rotatable bonds is 14. The Morgan fingerprint density at radius 1 is 1.00 bits per heavy atom. The summed E-state index contributed by atoms with van der Waals surface area (Å²) < 4.78 is 55.2. The standard InChI is InChI=1S/C55H68N8O10S/c1-34(2)41-7-4-5-8-42(41)45-9-6-21-62(45)39-29-55(30-39)17-22-61(23-18-55)38-10-11-43(47(26-38)73-49-25-36-14-19-57-51(36)59-53(49)72-32-37-31-70-24-20-56-37)52(64)60-74(68,69)40-27-46(63(66)67)50-48(28-40)71-33-44(58-50)35-12-15-54(3,65)16-13-35/h4-5,7-8,10-11,14,19,25-28,34-35,37,39,44-45,56,58,65H,6,9,12-13,15-18,20-24,29-33H2,1-3H3,(H,57,59)(H,60,64)/t35?,37-,44-,45-,54?/m1/s1. The topological polar surface area (TPSA) is 223 Å². The molecule has 394 valence electrons. The molecule has 1 amide bonds. The van der Waals surface area contributed by atoms with Gasteiger partial charge in [-0.3, -0.25) is 19.8 Å². The number of aliphatic hydroxyl groups is 1. The fraction of sp³-hybridized carbons (Fsp3) is 0.527. The molecule has 5 fully saturated rings. The quantitative estimate of drug-likeness (QED) is 0.0519. The molecule has 0 bridgehead atoms. The summed E-state index contributed by atoms with van der Waals surface area (Å²) in [6.45, 7) is 11.2. The van der Waals surface area contributed by atoms with Crippen LogP contribution in [0.15, 0.2) is 77.8 Å². The summed E-state index contributed by atoms with van der Waals surface area (Å²) in [6.07, 6.45) is 11.1. The summed E-state index contributed by atoms with van der Waals surface area (Å²) in [5.41, 5.74) is 3.29. The third-order valence-corrected chi connectivity index (χ3v) is 18.1. The number of nitro groups is 1. The number of aromatic nitrogens is 2. The highest BCUT2D eigenvalue weighted by atomic mass is 32.2. The van der Waals surface area contributed by atoms with E-state index >= 15 is 0 Å². The van der Waals surface area contributed by atoms with Crippen LogP contribution in [0.4, 0.5) is 17.1 Å². The molecule has 5 aromatic rings. The van der Waals surface area contributed by atoms with Gasteiger partial charge < -0.3 is 44.6 Å². The van der Waals surface area contributed by atoms with Gasteiger partial charge in [-0.1, -0.05) is 38.1 Å². The number of nitrogens with zero attached hydrogens (tertiary/aromatic N) is 4. The Hall–Kier alpha value is -5.99. The van der Waals surface area contributed by atoms with Gasteiger partial charge >= 0.3 is 0 Å². The van der Waals surface area contributed by atoms with Crippen molar-refractivity contribution in [1.29, 1.82) is 0 Å². The first-order valence-corrected chi connectivity index (χ1v) is 27.9. The zero-order valence-corrected chi connectivity index (χ0v) is 43.3. The smallest absolute Gasteiger partial charge is 0.297 e. The van der Waals surface area contributed by atoms with Gasteiger partial charge in [0.1, 0.15) is 24.6 Å². The predicted octanol–water partition coefficient (Wildman–Crippen LogP) is 8.57. The van der Waals surface area contributed by atoms with Crippen molar-refractivity contribution in [2.24, 2.45) is 11.3 Å². The number of hydrogen-bond donors (Lipinski definition) is 5. The minimum absolute atomic E-state index is 0.0111. The van der Waals surface area contributed by atoms with Crippen LogP contribution in [0.2, 0.25) is 0 Å². The lowest BCUT2D eigenvalue weighted by Crippen LogP contribution is -2.54. The summed E-state index contributed by atoms with van der Waals surface area (Å²) >= 11 is 0. The second kappa shape index (κ2) is 20.3. The predicted molar refractivity (Wildman–Crippen MR) is 280 cm³/mol. The summed E-state index contributed by atoms with van der Waals surface area (Å²) in [4.78, 5) is 38.8. The van der Waals surface area contributed by atoms with Gasteiger partial charge in [-0.05, 0) is 130 Å². The number of carbonyl (C=O) groups is 1. The fourth-order valence-corrected chi connectivity index (χ4v) is 13.5. The first kappa shape index (κ1) is 50.2. The number of nitro benzene ring substituents is 1. The Labute approximate surface area is 432 Å². The molecule has 3 saturated heterocycles. The molecule has 0 radical (unpaired) electrons. The van der Waals surface area contributed by atoms with Crippen molar-refractivity contribution in [3.05, 3.63) is 99.7 Å². The van der Waals surface area contributed by atoms with E-state index in [0.29, 0.717) is 69.1 Å². The second-order valence-electron chi connectivity index (χ2n) is 22.2. The van der Waals surface area contributed by atoms with Crippen LogP contribution in [0.5, 0.6) is 23.1 Å². The monoisotopic (exact) mass is 1030 g/mol. The highest BCUT2D eigenvalue weighted by Gasteiger charge is 2.50. The summed E-state index contributed by atoms with van der Waals surface area (Å²) in [5, 5.41) is 30.4. The maximum absolute atomic E-state index is 14.5. The van der Waals surface area contributed by atoms with Crippen molar-refractivity contribution in [3.8, 4) is 23.1 Å². The molecule has 0 unspecified atom stereocenters. The van der Waals surface area contributed by atoms with E-state index in [0.717, 1.165) is 49.6 Å². The third-order valence-electron chi connectivity index (χ3n) is 16.8.